The maximum Gasteiger partial charge on any atom is 0.326 e. The number of carboxylic acid groups (broad SMARTS) is 1. The molecule has 32 heavy (non-hydrogen) atoms. The molecule has 0 saturated carbocycles. The fourth-order valence-corrected chi connectivity index (χ4v) is 4.19. The standard InChI is InChI=1S/C22H18F4N2O4/c23-10-21(24)8-17(20(31)32)28(11-21)18(29)9-27-19(30)12-5-6-16-14(7-12)13-3-1-2-4-15(13)22(16,25)26/h1-7,17H,8-11H2,(H,27,30)(H,31,32)/t17-,21-/m0/s1. The molecule has 1 aliphatic carbocycles. The highest BCUT2D eigenvalue weighted by Crippen LogP contribution is 2.50. The number of carboxylic acids is 1. The summed E-state index contributed by atoms with van der Waals surface area (Å²) in [6.07, 6.45) is -0.684. The van der Waals surface area contributed by atoms with Crippen LogP contribution in [0.1, 0.15) is 27.9 Å². The molecule has 0 aromatic heterocycles. The molecule has 0 unspecified atom stereocenters. The van der Waals surface area contributed by atoms with Gasteiger partial charge < -0.3 is 15.3 Å². The van der Waals surface area contributed by atoms with Crippen LogP contribution in [-0.2, 0) is 15.5 Å². The molecule has 2 aromatic rings. The van der Waals surface area contributed by atoms with Crippen molar-refractivity contribution in [2.24, 2.45) is 0 Å². The summed E-state index contributed by atoms with van der Waals surface area (Å²) in [5, 5.41) is 11.5. The Morgan fingerprint density at radius 1 is 1.06 bits per heavy atom. The molecule has 1 saturated heterocycles. The van der Waals surface area contributed by atoms with Crippen LogP contribution >= 0.6 is 0 Å². The van der Waals surface area contributed by atoms with Crippen LogP contribution in [0, 0.1) is 0 Å². The number of rotatable bonds is 5. The van der Waals surface area contributed by atoms with E-state index in [0.29, 0.717) is 10.5 Å². The highest BCUT2D eigenvalue weighted by molar-refractivity contribution is 5.99. The van der Waals surface area contributed by atoms with Gasteiger partial charge >= 0.3 is 5.97 Å². The van der Waals surface area contributed by atoms with Crippen LogP contribution < -0.4 is 5.32 Å². The maximum atomic E-state index is 14.6. The monoisotopic (exact) mass is 450 g/mol. The van der Waals surface area contributed by atoms with Crippen molar-refractivity contribution in [3.63, 3.8) is 0 Å². The molecule has 168 valence electrons. The second-order valence-electron chi connectivity index (χ2n) is 7.93. The van der Waals surface area contributed by atoms with Crippen molar-refractivity contribution in [1.29, 1.82) is 0 Å². The zero-order valence-electron chi connectivity index (χ0n) is 16.6. The molecule has 0 radical (unpaired) electrons. The van der Waals surface area contributed by atoms with Crippen LogP contribution in [-0.4, -0.2) is 59.3 Å². The van der Waals surface area contributed by atoms with Crippen molar-refractivity contribution >= 4 is 17.8 Å². The van der Waals surface area contributed by atoms with Gasteiger partial charge in [0.1, 0.15) is 12.7 Å². The van der Waals surface area contributed by atoms with Crippen molar-refractivity contribution in [2.75, 3.05) is 19.8 Å². The van der Waals surface area contributed by atoms with E-state index < -0.39 is 61.6 Å². The normalized spacial score (nSPS) is 22.9. The Hall–Kier alpha value is -3.43. The van der Waals surface area contributed by atoms with Crippen LogP contribution in [0.15, 0.2) is 42.5 Å². The van der Waals surface area contributed by atoms with Gasteiger partial charge in [-0.3, -0.25) is 9.59 Å². The van der Waals surface area contributed by atoms with Gasteiger partial charge in [0.05, 0.1) is 13.1 Å². The van der Waals surface area contributed by atoms with Gasteiger partial charge in [0.15, 0.2) is 5.67 Å². The second kappa shape index (κ2) is 7.61. The summed E-state index contributed by atoms with van der Waals surface area (Å²) in [4.78, 5) is 36.9. The predicted molar refractivity (Wildman–Crippen MR) is 105 cm³/mol. The molecule has 2 aliphatic rings. The highest BCUT2D eigenvalue weighted by atomic mass is 19.3. The summed E-state index contributed by atoms with van der Waals surface area (Å²) < 4.78 is 56.4. The third kappa shape index (κ3) is 3.49. The van der Waals surface area contributed by atoms with Gasteiger partial charge in [-0.15, -0.1) is 0 Å². The number of aliphatic carboxylic acids is 1. The van der Waals surface area contributed by atoms with Crippen molar-refractivity contribution in [1.82, 2.24) is 10.2 Å². The number of amides is 2. The van der Waals surface area contributed by atoms with E-state index in [4.69, 9.17) is 0 Å². The minimum Gasteiger partial charge on any atom is -0.480 e. The first-order chi connectivity index (χ1) is 15.1. The molecule has 10 heteroatoms. The Labute approximate surface area is 179 Å². The van der Waals surface area contributed by atoms with Gasteiger partial charge in [0.25, 0.3) is 11.8 Å². The lowest BCUT2D eigenvalue weighted by Gasteiger charge is -2.21. The number of hydrogen-bond donors (Lipinski definition) is 2. The number of carbonyl (C=O) groups is 3. The quantitative estimate of drug-likeness (QED) is 0.686. The molecular formula is C22H18F4N2O4. The second-order valence-corrected chi connectivity index (χ2v) is 7.93. The molecule has 2 amide bonds. The van der Waals surface area contributed by atoms with Gasteiger partial charge in [0, 0.05) is 23.1 Å². The Bertz CT molecular complexity index is 1120. The van der Waals surface area contributed by atoms with Crippen LogP contribution in [0.5, 0.6) is 0 Å². The number of benzene rings is 2. The van der Waals surface area contributed by atoms with Gasteiger partial charge in [-0.1, -0.05) is 30.3 Å². The first-order valence-corrected chi connectivity index (χ1v) is 9.75. The van der Waals surface area contributed by atoms with E-state index in [1.54, 1.807) is 6.07 Å². The Morgan fingerprint density at radius 2 is 1.75 bits per heavy atom. The third-order valence-corrected chi connectivity index (χ3v) is 5.81. The van der Waals surface area contributed by atoms with Crippen LogP contribution in [0.25, 0.3) is 11.1 Å². The van der Waals surface area contributed by atoms with Crippen LogP contribution in [0.3, 0.4) is 0 Å². The average Bonchev–Trinajstić information content (AvgIpc) is 3.25. The summed E-state index contributed by atoms with van der Waals surface area (Å²) in [6.45, 7) is -2.83. The average molecular weight is 450 g/mol. The maximum absolute atomic E-state index is 14.6. The van der Waals surface area contributed by atoms with E-state index in [0.717, 1.165) is 6.07 Å². The molecule has 4 rings (SSSR count). The number of fused-ring (bicyclic) bond motifs is 3. The Balaban J connectivity index is 1.49. The van der Waals surface area contributed by atoms with Crippen LogP contribution in [0.4, 0.5) is 17.6 Å². The molecule has 1 aliphatic heterocycles. The van der Waals surface area contributed by atoms with E-state index in [1.165, 1.54) is 30.3 Å². The summed E-state index contributed by atoms with van der Waals surface area (Å²) in [5.41, 5.74) is -2.35. The summed E-state index contributed by atoms with van der Waals surface area (Å²) in [6, 6.07) is 8.02. The number of hydrogen-bond acceptors (Lipinski definition) is 3. The summed E-state index contributed by atoms with van der Waals surface area (Å²) >= 11 is 0. The fraction of sp³-hybridized carbons (Fsp3) is 0.318. The molecule has 2 aromatic carbocycles. The van der Waals surface area contributed by atoms with E-state index in [2.05, 4.69) is 5.32 Å². The van der Waals surface area contributed by atoms with Crippen LogP contribution in [0.2, 0.25) is 0 Å². The van der Waals surface area contributed by atoms with Gasteiger partial charge in [0.2, 0.25) is 5.91 Å². The lowest BCUT2D eigenvalue weighted by Crippen LogP contribution is -2.46. The zero-order valence-corrected chi connectivity index (χ0v) is 16.6. The smallest absolute Gasteiger partial charge is 0.326 e. The third-order valence-electron chi connectivity index (χ3n) is 5.81. The number of nitrogens with one attached hydrogen (secondary N) is 1. The highest BCUT2D eigenvalue weighted by Gasteiger charge is 2.49. The number of nitrogens with zero attached hydrogens (tertiary/aromatic N) is 1. The molecule has 2 N–H and O–H groups in total. The number of halogens is 4. The molecule has 1 fully saturated rings. The molecule has 0 bridgehead atoms. The molecular weight excluding hydrogens is 432 g/mol. The summed E-state index contributed by atoms with van der Waals surface area (Å²) in [7, 11) is 0. The molecule has 1 heterocycles. The molecule has 0 spiro atoms. The topological polar surface area (TPSA) is 86.7 Å². The molecule has 6 nitrogen and oxygen atoms in total. The Kier molecular flexibility index (Phi) is 5.18. The van der Waals surface area contributed by atoms with E-state index >= 15 is 0 Å². The lowest BCUT2D eigenvalue weighted by atomic mass is 10.0. The van der Waals surface area contributed by atoms with Crippen molar-refractivity contribution in [3.05, 3.63) is 59.2 Å². The largest absolute Gasteiger partial charge is 0.480 e. The van der Waals surface area contributed by atoms with Gasteiger partial charge in [-0.2, -0.15) is 8.78 Å². The van der Waals surface area contributed by atoms with Crippen molar-refractivity contribution < 1.29 is 37.1 Å². The molecule has 2 atom stereocenters. The van der Waals surface area contributed by atoms with Crippen molar-refractivity contribution in [2.45, 2.75) is 24.1 Å². The minimum atomic E-state index is -3.20. The SMILES string of the molecule is O=C(NCC(=O)N1C[C@@](F)(CF)C[C@H]1C(=O)O)c1ccc2c(c1)-c1ccccc1C2(F)F. The predicted octanol–water partition coefficient (Wildman–Crippen LogP) is 2.90. The lowest BCUT2D eigenvalue weighted by molar-refractivity contribution is -0.147. The number of likely N-dealkylation sites (tertiary alicyclic amines) is 1. The first kappa shape index (κ1) is 21.8. The minimum absolute atomic E-state index is 0.0175. The Morgan fingerprint density at radius 3 is 2.44 bits per heavy atom. The van der Waals surface area contributed by atoms with Crippen molar-refractivity contribution in [3.8, 4) is 11.1 Å². The zero-order chi connectivity index (χ0) is 23.3. The first-order valence-electron chi connectivity index (χ1n) is 9.75. The fourth-order valence-electron chi connectivity index (χ4n) is 4.19. The van der Waals surface area contributed by atoms with E-state index in [-0.39, 0.29) is 22.3 Å². The number of alkyl halides is 4. The van der Waals surface area contributed by atoms with E-state index in [1.807, 2.05) is 0 Å². The summed E-state index contributed by atoms with van der Waals surface area (Å²) in [5.74, 6) is -6.32. The number of carbonyl (C=O) groups excluding carboxylic acids is 2. The van der Waals surface area contributed by atoms with E-state index in [9.17, 15) is 37.1 Å². The van der Waals surface area contributed by atoms with Gasteiger partial charge in [-0.05, 0) is 23.3 Å². The van der Waals surface area contributed by atoms with Gasteiger partial charge in [-0.25, -0.2) is 13.6 Å².